The molecule has 3 aromatic rings. The molecule has 0 aliphatic carbocycles. The SMILES string of the molecule is CC(O)(CC(=O)NCc1ccc(-c2nn[nH]n2)cc1)c1ccccc1. The van der Waals surface area contributed by atoms with Gasteiger partial charge in [-0.05, 0) is 23.3 Å². The van der Waals surface area contributed by atoms with E-state index in [2.05, 4.69) is 25.9 Å². The molecule has 3 rings (SSSR count). The molecule has 25 heavy (non-hydrogen) atoms. The first-order chi connectivity index (χ1) is 12.0. The van der Waals surface area contributed by atoms with Gasteiger partial charge in [0, 0.05) is 12.1 Å². The molecule has 1 unspecified atom stereocenters. The summed E-state index contributed by atoms with van der Waals surface area (Å²) in [5.74, 6) is 0.311. The van der Waals surface area contributed by atoms with Crippen LogP contribution in [0.25, 0.3) is 11.4 Å². The van der Waals surface area contributed by atoms with Crippen molar-refractivity contribution in [3.05, 3.63) is 65.7 Å². The summed E-state index contributed by atoms with van der Waals surface area (Å²) in [6.45, 7) is 2.03. The van der Waals surface area contributed by atoms with Crippen LogP contribution in [0.2, 0.25) is 0 Å². The van der Waals surface area contributed by atoms with E-state index in [9.17, 15) is 9.90 Å². The number of H-pyrrole nitrogens is 1. The monoisotopic (exact) mass is 337 g/mol. The highest BCUT2D eigenvalue weighted by molar-refractivity contribution is 5.77. The second-order valence-electron chi connectivity index (χ2n) is 6.03. The molecule has 0 bridgehead atoms. The maximum Gasteiger partial charge on any atom is 0.223 e. The summed E-state index contributed by atoms with van der Waals surface area (Å²) >= 11 is 0. The normalized spacial score (nSPS) is 13.2. The number of nitrogens with one attached hydrogen (secondary N) is 2. The molecule has 1 amide bonds. The van der Waals surface area contributed by atoms with Crippen LogP contribution in [0.15, 0.2) is 54.6 Å². The summed E-state index contributed by atoms with van der Waals surface area (Å²) < 4.78 is 0. The lowest BCUT2D eigenvalue weighted by atomic mass is 9.92. The van der Waals surface area contributed by atoms with Gasteiger partial charge in [0.2, 0.25) is 11.7 Å². The molecule has 0 aliphatic heterocycles. The average molecular weight is 337 g/mol. The van der Waals surface area contributed by atoms with Crippen LogP contribution < -0.4 is 5.32 Å². The molecule has 1 heterocycles. The molecular weight excluding hydrogens is 318 g/mol. The number of tetrazole rings is 1. The number of aromatic nitrogens is 4. The summed E-state index contributed by atoms with van der Waals surface area (Å²) in [4.78, 5) is 12.2. The van der Waals surface area contributed by atoms with Crippen LogP contribution in [0.1, 0.15) is 24.5 Å². The Bertz CT molecular complexity index is 814. The van der Waals surface area contributed by atoms with E-state index in [1.54, 1.807) is 6.92 Å². The first-order valence-corrected chi connectivity index (χ1v) is 7.92. The Labute approximate surface area is 145 Å². The number of rotatable bonds is 6. The minimum Gasteiger partial charge on any atom is -0.385 e. The third-order valence-electron chi connectivity index (χ3n) is 3.95. The van der Waals surface area contributed by atoms with Crippen molar-refractivity contribution in [2.24, 2.45) is 0 Å². The van der Waals surface area contributed by atoms with Crippen LogP contribution in [0.3, 0.4) is 0 Å². The maximum atomic E-state index is 12.2. The van der Waals surface area contributed by atoms with Gasteiger partial charge in [0.05, 0.1) is 12.0 Å². The lowest BCUT2D eigenvalue weighted by molar-refractivity contribution is -0.126. The van der Waals surface area contributed by atoms with Crippen LogP contribution in [-0.2, 0) is 16.9 Å². The molecule has 0 saturated heterocycles. The zero-order chi connectivity index (χ0) is 17.7. The van der Waals surface area contributed by atoms with Crippen molar-refractivity contribution in [3.63, 3.8) is 0 Å². The Morgan fingerprint density at radius 1 is 1.16 bits per heavy atom. The molecule has 0 saturated carbocycles. The fourth-order valence-electron chi connectivity index (χ4n) is 2.53. The van der Waals surface area contributed by atoms with Gasteiger partial charge in [-0.3, -0.25) is 4.79 Å². The highest BCUT2D eigenvalue weighted by Gasteiger charge is 2.26. The Morgan fingerprint density at radius 2 is 1.88 bits per heavy atom. The Kier molecular flexibility index (Phi) is 4.85. The summed E-state index contributed by atoms with van der Waals surface area (Å²) in [5.41, 5.74) is 1.30. The second kappa shape index (κ2) is 7.23. The quantitative estimate of drug-likeness (QED) is 0.636. The smallest absolute Gasteiger partial charge is 0.223 e. The minimum atomic E-state index is -1.20. The summed E-state index contributed by atoms with van der Waals surface area (Å²) in [6, 6.07) is 16.7. The van der Waals surface area contributed by atoms with E-state index >= 15 is 0 Å². The molecule has 0 aliphatic rings. The van der Waals surface area contributed by atoms with Crippen LogP contribution in [0.5, 0.6) is 0 Å². The number of carbonyl (C=O) groups excluding carboxylic acids is 1. The first-order valence-electron chi connectivity index (χ1n) is 7.92. The number of carbonyl (C=O) groups is 1. The molecule has 128 valence electrons. The Hall–Kier alpha value is -3.06. The largest absolute Gasteiger partial charge is 0.385 e. The van der Waals surface area contributed by atoms with Crippen LogP contribution >= 0.6 is 0 Å². The molecule has 7 heteroatoms. The first kappa shape index (κ1) is 16.8. The third-order valence-corrected chi connectivity index (χ3v) is 3.95. The standard InChI is InChI=1S/C18H19N5O2/c1-18(25,15-5-3-2-4-6-15)11-16(24)19-12-13-7-9-14(10-8-13)17-20-22-23-21-17/h2-10,25H,11-12H2,1H3,(H,19,24)(H,20,21,22,23). The summed E-state index contributed by atoms with van der Waals surface area (Å²) in [6.07, 6.45) is -0.00203. The number of aliphatic hydroxyl groups is 1. The molecule has 1 aromatic heterocycles. The van der Waals surface area contributed by atoms with Crippen LogP contribution in [0, 0.1) is 0 Å². The molecule has 0 radical (unpaired) electrons. The van der Waals surface area contributed by atoms with Gasteiger partial charge in [-0.1, -0.05) is 54.6 Å². The molecule has 0 fully saturated rings. The van der Waals surface area contributed by atoms with E-state index in [1.165, 1.54) is 0 Å². The van der Waals surface area contributed by atoms with Crippen molar-refractivity contribution in [1.82, 2.24) is 25.9 Å². The molecule has 3 N–H and O–H groups in total. The van der Waals surface area contributed by atoms with Crippen molar-refractivity contribution in [2.45, 2.75) is 25.5 Å². The van der Waals surface area contributed by atoms with Gasteiger partial charge in [0.15, 0.2) is 0 Å². The predicted octanol–water partition coefficient (Wildman–Crippen LogP) is 1.78. The Balaban J connectivity index is 1.55. The molecular formula is C18H19N5O2. The van der Waals surface area contributed by atoms with Crippen molar-refractivity contribution in [3.8, 4) is 11.4 Å². The highest BCUT2D eigenvalue weighted by Crippen LogP contribution is 2.24. The van der Waals surface area contributed by atoms with E-state index in [0.29, 0.717) is 12.4 Å². The van der Waals surface area contributed by atoms with Gasteiger partial charge in [0.25, 0.3) is 0 Å². The molecule has 7 nitrogen and oxygen atoms in total. The van der Waals surface area contributed by atoms with Crippen molar-refractivity contribution in [2.75, 3.05) is 0 Å². The van der Waals surface area contributed by atoms with Gasteiger partial charge in [-0.2, -0.15) is 5.21 Å². The number of hydrogen-bond donors (Lipinski definition) is 3. The number of aromatic amines is 1. The lowest BCUT2D eigenvalue weighted by Gasteiger charge is -2.23. The van der Waals surface area contributed by atoms with Gasteiger partial charge in [0.1, 0.15) is 0 Å². The second-order valence-corrected chi connectivity index (χ2v) is 6.03. The number of amides is 1. The zero-order valence-electron chi connectivity index (χ0n) is 13.8. The summed E-state index contributed by atoms with van der Waals surface area (Å²) in [5, 5.41) is 27.1. The van der Waals surface area contributed by atoms with Crippen LogP contribution in [-0.4, -0.2) is 31.6 Å². The highest BCUT2D eigenvalue weighted by atomic mass is 16.3. The van der Waals surface area contributed by atoms with E-state index < -0.39 is 5.60 Å². The molecule has 1 atom stereocenters. The number of benzene rings is 2. The van der Waals surface area contributed by atoms with Gasteiger partial charge in [-0.25, -0.2) is 0 Å². The molecule has 0 spiro atoms. The minimum absolute atomic E-state index is 0.00203. The van der Waals surface area contributed by atoms with Crippen molar-refractivity contribution >= 4 is 5.91 Å². The number of nitrogens with zero attached hydrogens (tertiary/aromatic N) is 3. The van der Waals surface area contributed by atoms with Gasteiger partial charge in [-0.15, -0.1) is 10.2 Å². The third kappa shape index (κ3) is 4.27. The fourth-order valence-corrected chi connectivity index (χ4v) is 2.53. The zero-order valence-corrected chi connectivity index (χ0v) is 13.8. The van der Waals surface area contributed by atoms with E-state index in [4.69, 9.17) is 0 Å². The van der Waals surface area contributed by atoms with Gasteiger partial charge < -0.3 is 10.4 Å². The lowest BCUT2D eigenvalue weighted by Crippen LogP contribution is -2.32. The number of hydrogen-bond acceptors (Lipinski definition) is 5. The topological polar surface area (TPSA) is 104 Å². The average Bonchev–Trinajstić information content (AvgIpc) is 3.15. The van der Waals surface area contributed by atoms with Crippen LogP contribution in [0.4, 0.5) is 0 Å². The van der Waals surface area contributed by atoms with E-state index in [-0.39, 0.29) is 12.3 Å². The van der Waals surface area contributed by atoms with Gasteiger partial charge >= 0.3 is 0 Å². The molecule has 2 aromatic carbocycles. The fraction of sp³-hybridized carbons (Fsp3) is 0.222. The van der Waals surface area contributed by atoms with E-state index in [0.717, 1.165) is 16.7 Å². The van der Waals surface area contributed by atoms with E-state index in [1.807, 2.05) is 54.6 Å². The van der Waals surface area contributed by atoms with Crippen molar-refractivity contribution in [1.29, 1.82) is 0 Å². The summed E-state index contributed by atoms with van der Waals surface area (Å²) in [7, 11) is 0. The van der Waals surface area contributed by atoms with Crippen molar-refractivity contribution < 1.29 is 9.90 Å². The predicted molar refractivity (Wildman–Crippen MR) is 92.1 cm³/mol. The Morgan fingerprint density at radius 3 is 2.52 bits per heavy atom. The maximum absolute atomic E-state index is 12.2.